The van der Waals surface area contributed by atoms with Crippen LogP contribution in [-0.4, -0.2) is 56.7 Å². The average Bonchev–Trinajstić information content (AvgIpc) is 3.21. The Kier molecular flexibility index (Phi) is 9.07. The summed E-state index contributed by atoms with van der Waals surface area (Å²) in [6.45, 7) is 2.42. The minimum atomic E-state index is -4.62. The van der Waals surface area contributed by atoms with Gasteiger partial charge < -0.3 is 24.1 Å². The molecule has 2 N–H and O–H groups in total. The van der Waals surface area contributed by atoms with E-state index in [4.69, 9.17) is 18.5 Å². The monoisotopic (exact) mass is 524 g/mol. The van der Waals surface area contributed by atoms with Gasteiger partial charge in [0.05, 0.1) is 33.1 Å². The highest BCUT2D eigenvalue weighted by atomic mass is 31.2. The van der Waals surface area contributed by atoms with E-state index in [0.29, 0.717) is 17.0 Å². The third-order valence-corrected chi connectivity index (χ3v) is 5.69. The van der Waals surface area contributed by atoms with Gasteiger partial charge in [-0.05, 0) is 24.6 Å². The summed E-state index contributed by atoms with van der Waals surface area (Å²) in [4.78, 5) is 55.7. The number of ether oxygens (including phenoxy) is 3. The van der Waals surface area contributed by atoms with E-state index in [1.807, 2.05) is 0 Å². The summed E-state index contributed by atoms with van der Waals surface area (Å²) < 4.78 is 39.2. The molecule has 2 aromatic heterocycles. The van der Waals surface area contributed by atoms with E-state index in [0.717, 1.165) is 0 Å². The lowest BCUT2D eigenvalue weighted by molar-refractivity contribution is -0.142. The van der Waals surface area contributed by atoms with Crippen LogP contribution >= 0.6 is 7.82 Å². The van der Waals surface area contributed by atoms with E-state index < -0.39 is 25.9 Å². The lowest BCUT2D eigenvalue weighted by Crippen LogP contribution is -2.14. The molecule has 2 unspecified atom stereocenters. The van der Waals surface area contributed by atoms with Crippen molar-refractivity contribution in [1.82, 2.24) is 19.5 Å². The lowest BCUT2D eigenvalue weighted by Gasteiger charge is -2.20. The first-order chi connectivity index (χ1) is 17.1. The predicted octanol–water partition coefficient (Wildman–Crippen LogP) is 1.77. The van der Waals surface area contributed by atoms with Crippen molar-refractivity contribution < 1.29 is 42.3 Å². The number of aromatic amines is 1. The van der Waals surface area contributed by atoms with Crippen molar-refractivity contribution in [3.05, 3.63) is 52.3 Å². The third kappa shape index (κ3) is 7.54. The Morgan fingerprint density at radius 3 is 2.61 bits per heavy atom. The van der Waals surface area contributed by atoms with Crippen LogP contribution in [-0.2, 0) is 39.4 Å². The van der Waals surface area contributed by atoms with Gasteiger partial charge in [-0.25, -0.2) is 14.5 Å². The molecule has 0 bridgehead atoms. The molecule has 14 nitrogen and oxygen atoms in total. The number of aryl methyl sites for hydroxylation is 1. The van der Waals surface area contributed by atoms with E-state index >= 15 is 0 Å². The van der Waals surface area contributed by atoms with Crippen molar-refractivity contribution in [2.45, 2.75) is 33.1 Å². The number of aromatic nitrogens is 4. The van der Waals surface area contributed by atoms with Gasteiger partial charge >= 0.3 is 19.8 Å². The molecule has 0 aliphatic rings. The first kappa shape index (κ1) is 27.2. The molecule has 2 atom stereocenters. The van der Waals surface area contributed by atoms with Gasteiger partial charge in [-0.1, -0.05) is 12.1 Å². The van der Waals surface area contributed by atoms with Crippen molar-refractivity contribution in [2.24, 2.45) is 0 Å². The number of hydrogen-bond acceptors (Lipinski definition) is 11. The Morgan fingerprint density at radius 2 is 1.94 bits per heavy atom. The molecule has 0 radical (unpaired) electrons. The molecule has 1 aromatic carbocycles. The Bertz CT molecular complexity index is 1320. The Labute approximate surface area is 204 Å². The standard InChI is InChI=1S/C21H25N4O10P/c1-13-23-20-19(21(28)24-13)22-11-25(20)12-32-8-9-33-36(29,30)35-17(10-18(27)31-3)15-4-6-16(7-5-15)34-14(2)26/h4-7,11,17H,8-10,12H2,1-3H3,(H,29,30)(H,23,24,28). The first-order valence-electron chi connectivity index (χ1n) is 10.6. The van der Waals surface area contributed by atoms with Gasteiger partial charge in [-0.3, -0.25) is 28.0 Å². The highest BCUT2D eigenvalue weighted by Crippen LogP contribution is 2.48. The molecule has 3 rings (SSSR count). The zero-order chi connectivity index (χ0) is 26.3. The van der Waals surface area contributed by atoms with Crippen LogP contribution in [0.25, 0.3) is 11.2 Å². The van der Waals surface area contributed by atoms with Gasteiger partial charge in [0.25, 0.3) is 5.56 Å². The summed E-state index contributed by atoms with van der Waals surface area (Å²) >= 11 is 0. The van der Waals surface area contributed by atoms with Crippen LogP contribution in [0.1, 0.15) is 30.8 Å². The second-order valence-corrected chi connectivity index (χ2v) is 8.82. The number of phosphoric ester groups is 1. The van der Waals surface area contributed by atoms with Crippen molar-refractivity contribution >= 4 is 30.9 Å². The minimum Gasteiger partial charge on any atom is -0.469 e. The maximum Gasteiger partial charge on any atom is 0.472 e. The molecule has 0 aliphatic carbocycles. The number of H-pyrrole nitrogens is 1. The molecule has 2 heterocycles. The zero-order valence-electron chi connectivity index (χ0n) is 19.7. The van der Waals surface area contributed by atoms with Gasteiger partial charge in [0.1, 0.15) is 24.4 Å². The number of fused-ring (bicyclic) bond motifs is 1. The molecule has 0 amide bonds. The zero-order valence-corrected chi connectivity index (χ0v) is 20.6. The van der Waals surface area contributed by atoms with Crippen LogP contribution in [0.2, 0.25) is 0 Å². The van der Waals surface area contributed by atoms with Gasteiger partial charge in [0.15, 0.2) is 11.2 Å². The maximum absolute atomic E-state index is 12.5. The van der Waals surface area contributed by atoms with Gasteiger partial charge in [-0.15, -0.1) is 0 Å². The molecular formula is C21H25N4O10P. The normalized spacial score (nSPS) is 13.8. The number of carbonyl (C=O) groups excluding carboxylic acids is 2. The second-order valence-electron chi connectivity index (χ2n) is 7.41. The highest BCUT2D eigenvalue weighted by Gasteiger charge is 2.29. The number of rotatable bonds is 12. The van der Waals surface area contributed by atoms with Gasteiger partial charge in [0.2, 0.25) is 0 Å². The summed E-state index contributed by atoms with van der Waals surface area (Å²) in [5.74, 6) is -0.521. The largest absolute Gasteiger partial charge is 0.472 e. The maximum atomic E-state index is 12.5. The van der Waals surface area contributed by atoms with Crippen molar-refractivity contribution in [1.29, 1.82) is 0 Å². The van der Waals surface area contributed by atoms with Crippen molar-refractivity contribution in [3.8, 4) is 5.75 Å². The summed E-state index contributed by atoms with van der Waals surface area (Å²) in [7, 11) is -3.45. The number of nitrogens with zero attached hydrogens (tertiary/aromatic N) is 3. The number of imidazole rings is 1. The number of carbonyl (C=O) groups is 2. The minimum absolute atomic E-state index is 0.0357. The number of methoxy groups -OCH3 is 1. The van der Waals surface area contributed by atoms with Crippen molar-refractivity contribution in [2.75, 3.05) is 20.3 Å². The fourth-order valence-electron chi connectivity index (χ4n) is 3.09. The van der Waals surface area contributed by atoms with Crippen LogP contribution in [0.3, 0.4) is 0 Å². The van der Waals surface area contributed by atoms with Crippen LogP contribution < -0.4 is 10.3 Å². The van der Waals surface area contributed by atoms with E-state index in [1.165, 1.54) is 49.2 Å². The van der Waals surface area contributed by atoms with E-state index in [-0.39, 0.29) is 43.2 Å². The molecule has 3 aromatic rings. The summed E-state index contributed by atoms with van der Waals surface area (Å²) in [6, 6.07) is 5.85. The van der Waals surface area contributed by atoms with Crippen LogP contribution in [0.5, 0.6) is 5.75 Å². The molecule has 36 heavy (non-hydrogen) atoms. The van der Waals surface area contributed by atoms with Gasteiger partial charge in [-0.2, -0.15) is 0 Å². The molecule has 194 valence electrons. The fraction of sp³-hybridized carbons (Fsp3) is 0.381. The van der Waals surface area contributed by atoms with E-state index in [2.05, 4.69) is 19.7 Å². The summed E-state index contributed by atoms with van der Waals surface area (Å²) in [6.07, 6.45) is -0.157. The average molecular weight is 524 g/mol. The molecular weight excluding hydrogens is 499 g/mol. The number of benzene rings is 1. The Morgan fingerprint density at radius 1 is 1.22 bits per heavy atom. The van der Waals surface area contributed by atoms with E-state index in [1.54, 1.807) is 6.92 Å². The summed E-state index contributed by atoms with van der Waals surface area (Å²) in [5.41, 5.74) is 0.473. The lowest BCUT2D eigenvalue weighted by atomic mass is 10.1. The second kappa shape index (κ2) is 12.0. The fourth-order valence-corrected chi connectivity index (χ4v) is 3.97. The summed E-state index contributed by atoms with van der Waals surface area (Å²) in [5, 5.41) is 0. The molecule has 0 spiro atoms. The Balaban J connectivity index is 1.56. The highest BCUT2D eigenvalue weighted by molar-refractivity contribution is 7.47. The smallest absolute Gasteiger partial charge is 0.469 e. The molecule has 0 fully saturated rings. The molecule has 0 saturated heterocycles. The van der Waals surface area contributed by atoms with E-state index in [9.17, 15) is 23.8 Å². The number of hydrogen-bond donors (Lipinski definition) is 2. The van der Waals surface area contributed by atoms with Crippen LogP contribution in [0, 0.1) is 6.92 Å². The Hall–Kier alpha value is -3.42. The quantitative estimate of drug-likeness (QED) is 0.152. The molecule has 0 saturated carbocycles. The predicted molar refractivity (Wildman–Crippen MR) is 123 cm³/mol. The first-order valence-corrected chi connectivity index (χ1v) is 12.1. The molecule has 0 aliphatic heterocycles. The van der Waals surface area contributed by atoms with Crippen LogP contribution in [0.4, 0.5) is 0 Å². The number of nitrogens with one attached hydrogen (secondary N) is 1. The number of phosphoric acid groups is 1. The SMILES string of the molecule is COC(=O)CC(OP(=O)(O)OCCOCn1cnc2c(=O)[nH]c(C)nc21)c1ccc(OC(C)=O)cc1. The topological polar surface area (TPSA) is 181 Å². The number of esters is 2. The van der Waals surface area contributed by atoms with Gasteiger partial charge in [0, 0.05) is 6.92 Å². The van der Waals surface area contributed by atoms with Crippen LogP contribution in [0.15, 0.2) is 35.4 Å². The molecule has 15 heteroatoms. The van der Waals surface area contributed by atoms with Crippen molar-refractivity contribution in [3.63, 3.8) is 0 Å². The third-order valence-electron chi connectivity index (χ3n) is 4.66.